The molecule has 1 rings (SSSR count). The van der Waals surface area contributed by atoms with Crippen LogP contribution in [-0.4, -0.2) is 12.6 Å². The van der Waals surface area contributed by atoms with E-state index in [1.165, 1.54) is 0 Å². The number of carbonyl (C=O) groups is 1. The van der Waals surface area contributed by atoms with E-state index in [0.717, 1.165) is 11.1 Å². The molecule has 76 valence electrons. The number of nitrogen functional groups attached to an aromatic ring is 1. The molecule has 0 bridgehead atoms. The molecular weight excluding hydrogens is 178 g/mol. The third-order valence-corrected chi connectivity index (χ3v) is 2.19. The Hall–Kier alpha value is -1.51. The van der Waals surface area contributed by atoms with Crippen molar-refractivity contribution in [1.82, 2.24) is 0 Å². The van der Waals surface area contributed by atoms with Crippen molar-refractivity contribution in [2.45, 2.75) is 20.8 Å². The fourth-order valence-electron chi connectivity index (χ4n) is 1.31. The van der Waals surface area contributed by atoms with Gasteiger partial charge in [-0.2, -0.15) is 0 Å². The first-order chi connectivity index (χ1) is 6.56. The number of aryl methyl sites for hydroxylation is 1. The van der Waals surface area contributed by atoms with Crippen molar-refractivity contribution < 1.29 is 9.53 Å². The summed E-state index contributed by atoms with van der Waals surface area (Å²) >= 11 is 0. The van der Waals surface area contributed by atoms with E-state index in [1.54, 1.807) is 13.0 Å². The molecule has 0 spiro atoms. The van der Waals surface area contributed by atoms with Crippen LogP contribution in [0.2, 0.25) is 0 Å². The van der Waals surface area contributed by atoms with E-state index >= 15 is 0 Å². The fraction of sp³-hybridized carbons (Fsp3) is 0.364. The Labute approximate surface area is 83.9 Å². The van der Waals surface area contributed by atoms with Gasteiger partial charge in [-0.3, -0.25) is 0 Å². The number of esters is 1. The highest BCUT2D eigenvalue weighted by atomic mass is 16.5. The number of nitrogens with two attached hydrogens (primary N) is 1. The zero-order valence-corrected chi connectivity index (χ0v) is 8.76. The molecule has 0 heterocycles. The lowest BCUT2D eigenvalue weighted by Gasteiger charge is -2.09. The van der Waals surface area contributed by atoms with Crippen molar-refractivity contribution in [2.24, 2.45) is 0 Å². The van der Waals surface area contributed by atoms with E-state index in [0.29, 0.717) is 17.9 Å². The Morgan fingerprint density at radius 3 is 2.64 bits per heavy atom. The van der Waals surface area contributed by atoms with Crippen LogP contribution < -0.4 is 5.73 Å². The van der Waals surface area contributed by atoms with Crippen LogP contribution in [0, 0.1) is 13.8 Å². The second-order valence-corrected chi connectivity index (χ2v) is 3.23. The number of ether oxygens (including phenoxy) is 1. The van der Waals surface area contributed by atoms with Gasteiger partial charge in [0, 0.05) is 5.69 Å². The maximum atomic E-state index is 11.5. The van der Waals surface area contributed by atoms with Crippen molar-refractivity contribution in [2.75, 3.05) is 12.3 Å². The van der Waals surface area contributed by atoms with Gasteiger partial charge in [0.25, 0.3) is 0 Å². The van der Waals surface area contributed by atoms with Gasteiger partial charge in [-0.1, -0.05) is 0 Å². The Kier molecular flexibility index (Phi) is 3.12. The zero-order chi connectivity index (χ0) is 10.7. The molecule has 0 aromatic heterocycles. The number of benzene rings is 1. The van der Waals surface area contributed by atoms with E-state index in [4.69, 9.17) is 10.5 Å². The molecular formula is C11H15NO2. The predicted octanol–water partition coefficient (Wildman–Crippen LogP) is 2.06. The lowest BCUT2D eigenvalue weighted by molar-refractivity contribution is 0.0525. The van der Waals surface area contributed by atoms with Gasteiger partial charge in [0.15, 0.2) is 0 Å². The molecule has 0 aliphatic carbocycles. The van der Waals surface area contributed by atoms with Crippen LogP contribution in [0.5, 0.6) is 0 Å². The van der Waals surface area contributed by atoms with Crippen molar-refractivity contribution in [3.63, 3.8) is 0 Å². The maximum absolute atomic E-state index is 11.5. The zero-order valence-electron chi connectivity index (χ0n) is 8.76. The van der Waals surface area contributed by atoms with Gasteiger partial charge in [0.05, 0.1) is 12.2 Å². The van der Waals surface area contributed by atoms with Gasteiger partial charge in [-0.05, 0) is 44.0 Å². The SMILES string of the molecule is CCOC(=O)c1cc(N)cc(C)c1C. The van der Waals surface area contributed by atoms with E-state index in [2.05, 4.69) is 0 Å². The lowest BCUT2D eigenvalue weighted by Crippen LogP contribution is -2.08. The average Bonchev–Trinajstić information content (AvgIpc) is 2.11. The summed E-state index contributed by atoms with van der Waals surface area (Å²) < 4.78 is 4.92. The van der Waals surface area contributed by atoms with E-state index in [1.807, 2.05) is 19.9 Å². The summed E-state index contributed by atoms with van der Waals surface area (Å²) in [6.45, 7) is 5.98. The molecule has 1 aromatic rings. The van der Waals surface area contributed by atoms with Crippen molar-refractivity contribution >= 4 is 11.7 Å². The second-order valence-electron chi connectivity index (χ2n) is 3.23. The van der Waals surface area contributed by atoms with Crippen LogP contribution in [0.25, 0.3) is 0 Å². The molecule has 0 amide bonds. The first-order valence-corrected chi connectivity index (χ1v) is 4.60. The van der Waals surface area contributed by atoms with Gasteiger partial charge in [0.1, 0.15) is 0 Å². The molecule has 0 saturated heterocycles. The normalized spacial score (nSPS) is 9.93. The molecule has 0 aliphatic rings. The highest BCUT2D eigenvalue weighted by Crippen LogP contribution is 2.18. The quantitative estimate of drug-likeness (QED) is 0.577. The maximum Gasteiger partial charge on any atom is 0.338 e. The van der Waals surface area contributed by atoms with Crippen molar-refractivity contribution in [3.05, 3.63) is 28.8 Å². The third kappa shape index (κ3) is 2.05. The highest BCUT2D eigenvalue weighted by Gasteiger charge is 2.11. The third-order valence-electron chi connectivity index (χ3n) is 2.19. The van der Waals surface area contributed by atoms with E-state index in [9.17, 15) is 4.79 Å². The summed E-state index contributed by atoms with van der Waals surface area (Å²) in [5.41, 5.74) is 8.74. The van der Waals surface area contributed by atoms with Crippen LogP contribution in [0.1, 0.15) is 28.4 Å². The van der Waals surface area contributed by atoms with Gasteiger partial charge in [-0.15, -0.1) is 0 Å². The van der Waals surface area contributed by atoms with Gasteiger partial charge < -0.3 is 10.5 Å². The summed E-state index contributed by atoms with van der Waals surface area (Å²) in [6.07, 6.45) is 0. The predicted molar refractivity (Wildman–Crippen MR) is 56.3 cm³/mol. The van der Waals surface area contributed by atoms with Crippen LogP contribution in [-0.2, 0) is 4.74 Å². The molecule has 0 atom stereocenters. The van der Waals surface area contributed by atoms with Gasteiger partial charge in [-0.25, -0.2) is 4.79 Å². The topological polar surface area (TPSA) is 52.3 Å². The summed E-state index contributed by atoms with van der Waals surface area (Å²) in [4.78, 5) is 11.5. The smallest absolute Gasteiger partial charge is 0.338 e. The Morgan fingerprint density at radius 1 is 1.43 bits per heavy atom. The summed E-state index contributed by atoms with van der Waals surface area (Å²) in [7, 11) is 0. The Balaban J connectivity index is 3.13. The van der Waals surface area contributed by atoms with Gasteiger partial charge in [0.2, 0.25) is 0 Å². The fourth-order valence-corrected chi connectivity index (χ4v) is 1.31. The van der Waals surface area contributed by atoms with Gasteiger partial charge >= 0.3 is 5.97 Å². The molecule has 3 heteroatoms. The molecule has 1 aromatic carbocycles. The Morgan fingerprint density at radius 2 is 2.07 bits per heavy atom. The molecule has 0 saturated carbocycles. The van der Waals surface area contributed by atoms with Crippen molar-refractivity contribution in [1.29, 1.82) is 0 Å². The van der Waals surface area contributed by atoms with Crippen LogP contribution >= 0.6 is 0 Å². The summed E-state index contributed by atoms with van der Waals surface area (Å²) in [5, 5.41) is 0. The minimum Gasteiger partial charge on any atom is -0.462 e. The molecule has 14 heavy (non-hydrogen) atoms. The monoisotopic (exact) mass is 193 g/mol. The molecule has 0 unspecified atom stereocenters. The largest absolute Gasteiger partial charge is 0.462 e. The molecule has 0 fully saturated rings. The summed E-state index contributed by atoms with van der Waals surface area (Å²) in [6, 6.07) is 3.50. The number of anilines is 1. The minimum absolute atomic E-state index is 0.305. The lowest BCUT2D eigenvalue weighted by atomic mass is 10.0. The summed E-state index contributed by atoms with van der Waals surface area (Å²) in [5.74, 6) is -0.305. The Bertz CT molecular complexity index is 359. The molecule has 0 aliphatic heterocycles. The standard InChI is InChI=1S/C11H15NO2/c1-4-14-11(13)10-6-9(12)5-7(2)8(10)3/h5-6H,4,12H2,1-3H3. The second kappa shape index (κ2) is 4.13. The molecule has 3 nitrogen and oxygen atoms in total. The van der Waals surface area contributed by atoms with Crippen LogP contribution in [0.15, 0.2) is 12.1 Å². The number of hydrogen-bond donors (Lipinski definition) is 1. The average molecular weight is 193 g/mol. The van der Waals surface area contributed by atoms with Crippen LogP contribution in [0.4, 0.5) is 5.69 Å². The van der Waals surface area contributed by atoms with E-state index in [-0.39, 0.29) is 5.97 Å². The first kappa shape index (κ1) is 10.6. The number of rotatable bonds is 2. The number of hydrogen-bond acceptors (Lipinski definition) is 3. The van der Waals surface area contributed by atoms with E-state index < -0.39 is 0 Å². The van der Waals surface area contributed by atoms with Crippen molar-refractivity contribution in [3.8, 4) is 0 Å². The minimum atomic E-state index is -0.305. The first-order valence-electron chi connectivity index (χ1n) is 4.60. The molecule has 0 radical (unpaired) electrons. The highest BCUT2D eigenvalue weighted by molar-refractivity contribution is 5.92. The van der Waals surface area contributed by atoms with Crippen LogP contribution in [0.3, 0.4) is 0 Å². The number of carbonyl (C=O) groups excluding carboxylic acids is 1. The molecule has 2 N–H and O–H groups in total.